The van der Waals surface area contributed by atoms with Crippen LogP contribution in [0.1, 0.15) is 50.6 Å². The van der Waals surface area contributed by atoms with E-state index in [2.05, 4.69) is 5.32 Å². The zero-order chi connectivity index (χ0) is 16.8. The summed E-state index contributed by atoms with van der Waals surface area (Å²) in [5.74, 6) is -1.64. The second-order valence-electron chi connectivity index (χ2n) is 5.95. The van der Waals surface area contributed by atoms with Crippen LogP contribution in [0.25, 0.3) is 0 Å². The van der Waals surface area contributed by atoms with Crippen molar-refractivity contribution in [2.45, 2.75) is 57.3 Å². The summed E-state index contributed by atoms with van der Waals surface area (Å²) in [7, 11) is 0. The van der Waals surface area contributed by atoms with Crippen molar-refractivity contribution in [3.05, 3.63) is 35.6 Å². The van der Waals surface area contributed by atoms with Gasteiger partial charge in [-0.2, -0.15) is 0 Å². The minimum Gasteiger partial charge on any atom is -0.481 e. The van der Waals surface area contributed by atoms with Crippen LogP contribution in [-0.2, 0) is 14.3 Å². The molecule has 1 saturated heterocycles. The lowest BCUT2D eigenvalue weighted by Gasteiger charge is -2.18. The molecule has 0 radical (unpaired) electrons. The highest BCUT2D eigenvalue weighted by atomic mass is 19.1. The maximum absolute atomic E-state index is 13.0. The summed E-state index contributed by atoms with van der Waals surface area (Å²) >= 11 is 0. The van der Waals surface area contributed by atoms with Crippen LogP contribution in [0.15, 0.2) is 24.3 Å². The lowest BCUT2D eigenvalue weighted by Crippen LogP contribution is -2.30. The Labute approximate surface area is 134 Å². The minimum absolute atomic E-state index is 0.0968. The van der Waals surface area contributed by atoms with Crippen molar-refractivity contribution in [1.82, 2.24) is 5.32 Å². The van der Waals surface area contributed by atoms with Crippen molar-refractivity contribution in [3.8, 4) is 0 Å². The highest BCUT2D eigenvalue weighted by Gasteiger charge is 2.23. The molecular formula is C17H22FNO4. The van der Waals surface area contributed by atoms with Crippen LogP contribution in [0.4, 0.5) is 4.39 Å². The van der Waals surface area contributed by atoms with Gasteiger partial charge in [0.2, 0.25) is 5.91 Å². The van der Waals surface area contributed by atoms with E-state index < -0.39 is 17.8 Å². The maximum Gasteiger partial charge on any atom is 0.305 e. The molecule has 1 aliphatic heterocycles. The fourth-order valence-electron chi connectivity index (χ4n) is 2.78. The van der Waals surface area contributed by atoms with E-state index in [4.69, 9.17) is 9.84 Å². The number of amides is 1. The molecule has 1 aliphatic rings. The normalized spacial score (nSPS) is 21.8. The fraction of sp³-hybridized carbons (Fsp3) is 0.529. The molecule has 0 aliphatic carbocycles. The first-order valence-electron chi connectivity index (χ1n) is 7.86. The van der Waals surface area contributed by atoms with Gasteiger partial charge in [0.15, 0.2) is 0 Å². The van der Waals surface area contributed by atoms with Gasteiger partial charge in [-0.3, -0.25) is 9.59 Å². The smallest absolute Gasteiger partial charge is 0.305 e. The molecule has 3 atom stereocenters. The average molecular weight is 323 g/mol. The van der Waals surface area contributed by atoms with Crippen molar-refractivity contribution in [2.24, 2.45) is 0 Å². The number of nitrogens with one attached hydrogen (secondary N) is 1. The predicted molar refractivity (Wildman–Crippen MR) is 82.3 cm³/mol. The molecule has 0 unspecified atom stereocenters. The third-order valence-corrected chi connectivity index (χ3v) is 4.00. The number of aliphatic carboxylic acids is 1. The van der Waals surface area contributed by atoms with Crippen molar-refractivity contribution >= 4 is 11.9 Å². The molecule has 0 spiro atoms. The quantitative estimate of drug-likeness (QED) is 0.809. The number of carboxylic acids is 1. The SMILES string of the molecule is C[C@@H]1CC[C@H](CCC(=O)N[C@H](CC(=O)O)c2ccc(F)cc2)O1. The number of hydrogen-bond donors (Lipinski definition) is 2. The van der Waals surface area contributed by atoms with E-state index in [1.54, 1.807) is 0 Å². The highest BCUT2D eigenvalue weighted by molar-refractivity contribution is 5.77. The van der Waals surface area contributed by atoms with Crippen LogP contribution in [0.3, 0.4) is 0 Å². The summed E-state index contributed by atoms with van der Waals surface area (Å²) in [5.41, 5.74) is 0.577. The van der Waals surface area contributed by atoms with Gasteiger partial charge in [-0.15, -0.1) is 0 Å². The number of carbonyl (C=O) groups excluding carboxylic acids is 1. The van der Waals surface area contributed by atoms with E-state index in [1.165, 1.54) is 24.3 Å². The number of benzene rings is 1. The molecule has 1 aromatic carbocycles. The monoisotopic (exact) mass is 323 g/mol. The van der Waals surface area contributed by atoms with E-state index in [0.29, 0.717) is 12.0 Å². The second-order valence-corrected chi connectivity index (χ2v) is 5.95. The van der Waals surface area contributed by atoms with Gasteiger partial charge in [0.1, 0.15) is 5.82 Å². The Morgan fingerprint density at radius 2 is 2.04 bits per heavy atom. The molecule has 0 aromatic heterocycles. The molecule has 5 nitrogen and oxygen atoms in total. The van der Waals surface area contributed by atoms with Crippen molar-refractivity contribution in [3.63, 3.8) is 0 Å². The number of carbonyl (C=O) groups is 2. The van der Waals surface area contributed by atoms with Gasteiger partial charge in [-0.25, -0.2) is 4.39 Å². The number of carboxylic acid groups (broad SMARTS) is 1. The van der Waals surface area contributed by atoms with Gasteiger partial charge in [0.05, 0.1) is 24.7 Å². The van der Waals surface area contributed by atoms with Gasteiger partial charge in [-0.05, 0) is 43.9 Å². The first-order chi connectivity index (χ1) is 10.9. The van der Waals surface area contributed by atoms with Crippen LogP contribution in [0, 0.1) is 5.82 Å². The Morgan fingerprint density at radius 3 is 2.61 bits per heavy atom. The standard InChI is InChI=1S/C17H22FNO4/c1-11-2-7-14(23-11)8-9-16(20)19-15(10-17(21)22)12-3-5-13(18)6-4-12/h3-6,11,14-15H,2,7-10H2,1H3,(H,19,20)(H,21,22)/t11-,14-,15-/m1/s1. The van der Waals surface area contributed by atoms with E-state index in [0.717, 1.165) is 12.8 Å². The summed E-state index contributed by atoms with van der Waals surface area (Å²) in [4.78, 5) is 23.1. The van der Waals surface area contributed by atoms with Crippen LogP contribution in [0.2, 0.25) is 0 Å². The average Bonchev–Trinajstić information content (AvgIpc) is 2.90. The maximum atomic E-state index is 13.0. The van der Waals surface area contributed by atoms with Gasteiger partial charge >= 0.3 is 5.97 Å². The van der Waals surface area contributed by atoms with Gasteiger partial charge in [0.25, 0.3) is 0 Å². The van der Waals surface area contributed by atoms with E-state index in [-0.39, 0.29) is 31.0 Å². The minimum atomic E-state index is -1.02. The molecule has 1 aromatic rings. The zero-order valence-electron chi connectivity index (χ0n) is 13.1. The number of rotatable bonds is 7. The molecule has 126 valence electrons. The molecule has 1 heterocycles. The van der Waals surface area contributed by atoms with Gasteiger partial charge in [0, 0.05) is 6.42 Å². The Balaban J connectivity index is 1.90. The lowest BCUT2D eigenvalue weighted by molar-refractivity contribution is -0.137. The van der Waals surface area contributed by atoms with Crippen molar-refractivity contribution in [1.29, 1.82) is 0 Å². The molecule has 2 N–H and O–H groups in total. The lowest BCUT2D eigenvalue weighted by atomic mass is 10.0. The first kappa shape index (κ1) is 17.4. The molecule has 0 bridgehead atoms. The zero-order valence-corrected chi connectivity index (χ0v) is 13.1. The largest absolute Gasteiger partial charge is 0.481 e. The second kappa shape index (κ2) is 8.06. The third kappa shape index (κ3) is 5.63. The molecule has 23 heavy (non-hydrogen) atoms. The summed E-state index contributed by atoms with van der Waals surface area (Å²) in [6.45, 7) is 2.01. The van der Waals surface area contributed by atoms with Gasteiger partial charge < -0.3 is 15.2 Å². The molecule has 6 heteroatoms. The van der Waals surface area contributed by atoms with E-state index in [9.17, 15) is 14.0 Å². The van der Waals surface area contributed by atoms with E-state index in [1.807, 2.05) is 6.92 Å². The van der Waals surface area contributed by atoms with E-state index >= 15 is 0 Å². The summed E-state index contributed by atoms with van der Waals surface area (Å²) in [5, 5.41) is 11.7. The number of ether oxygens (including phenoxy) is 1. The first-order valence-corrected chi connectivity index (χ1v) is 7.86. The van der Waals surface area contributed by atoms with Crippen LogP contribution in [0.5, 0.6) is 0 Å². The molecular weight excluding hydrogens is 301 g/mol. The topological polar surface area (TPSA) is 75.6 Å². The summed E-state index contributed by atoms with van der Waals surface area (Å²) in [6.07, 6.45) is 2.96. The van der Waals surface area contributed by atoms with Crippen molar-refractivity contribution < 1.29 is 23.8 Å². The molecule has 1 fully saturated rings. The Kier molecular flexibility index (Phi) is 6.10. The predicted octanol–water partition coefficient (Wildman–Crippen LogP) is 2.81. The van der Waals surface area contributed by atoms with Crippen molar-refractivity contribution in [2.75, 3.05) is 0 Å². The molecule has 2 rings (SSSR count). The Morgan fingerprint density at radius 1 is 1.35 bits per heavy atom. The molecule has 0 saturated carbocycles. The fourth-order valence-corrected chi connectivity index (χ4v) is 2.78. The third-order valence-electron chi connectivity index (χ3n) is 4.00. The van der Waals surface area contributed by atoms with Crippen LogP contribution in [-0.4, -0.2) is 29.2 Å². The summed E-state index contributed by atoms with van der Waals surface area (Å²) < 4.78 is 18.6. The number of hydrogen-bond acceptors (Lipinski definition) is 3. The van der Waals surface area contributed by atoms with Crippen LogP contribution >= 0.6 is 0 Å². The van der Waals surface area contributed by atoms with Gasteiger partial charge in [-0.1, -0.05) is 12.1 Å². The number of halogens is 1. The van der Waals surface area contributed by atoms with Crippen LogP contribution < -0.4 is 5.32 Å². The Bertz CT molecular complexity index is 546. The Hall–Kier alpha value is -1.95. The summed E-state index contributed by atoms with van der Waals surface area (Å²) in [6, 6.07) is 4.83. The highest BCUT2D eigenvalue weighted by Crippen LogP contribution is 2.23. The molecule has 1 amide bonds.